The zero-order chi connectivity index (χ0) is 15.6. The molecule has 21 heavy (non-hydrogen) atoms. The number of hydrogen-bond acceptors (Lipinski definition) is 3. The van der Waals surface area contributed by atoms with Crippen LogP contribution in [0.1, 0.15) is 36.8 Å². The van der Waals surface area contributed by atoms with E-state index in [1.807, 2.05) is 40.8 Å². The SMILES string of the molecule is CCNC(C)c1ccc(Oc2c(C)nn(C)c2C)c(F)c1. The summed E-state index contributed by atoms with van der Waals surface area (Å²) in [7, 11) is 1.84. The van der Waals surface area contributed by atoms with Gasteiger partial charge in [-0.2, -0.15) is 5.10 Å². The molecule has 0 radical (unpaired) electrons. The van der Waals surface area contributed by atoms with Crippen molar-refractivity contribution >= 4 is 0 Å². The third-order valence-corrected chi connectivity index (χ3v) is 3.62. The fourth-order valence-corrected chi connectivity index (χ4v) is 2.31. The third-order valence-electron chi connectivity index (χ3n) is 3.62. The fourth-order valence-electron chi connectivity index (χ4n) is 2.31. The zero-order valence-electron chi connectivity index (χ0n) is 13.2. The van der Waals surface area contributed by atoms with Crippen molar-refractivity contribution in [3.8, 4) is 11.5 Å². The van der Waals surface area contributed by atoms with E-state index in [1.165, 1.54) is 6.07 Å². The van der Waals surface area contributed by atoms with E-state index in [4.69, 9.17) is 4.74 Å². The second-order valence-electron chi connectivity index (χ2n) is 5.19. The number of aryl methyl sites for hydroxylation is 2. The summed E-state index contributed by atoms with van der Waals surface area (Å²) in [6.45, 7) is 8.62. The van der Waals surface area contributed by atoms with E-state index in [-0.39, 0.29) is 17.6 Å². The van der Waals surface area contributed by atoms with Gasteiger partial charge in [0.05, 0.1) is 5.69 Å². The van der Waals surface area contributed by atoms with Crippen molar-refractivity contribution in [2.75, 3.05) is 6.54 Å². The summed E-state index contributed by atoms with van der Waals surface area (Å²) < 4.78 is 21.7. The van der Waals surface area contributed by atoms with Gasteiger partial charge in [0.25, 0.3) is 0 Å². The van der Waals surface area contributed by atoms with Gasteiger partial charge in [0.1, 0.15) is 5.69 Å². The molecule has 0 saturated carbocycles. The summed E-state index contributed by atoms with van der Waals surface area (Å²) in [5.41, 5.74) is 2.53. The van der Waals surface area contributed by atoms with Crippen molar-refractivity contribution in [3.05, 3.63) is 41.0 Å². The standard InChI is InChI=1S/C16H22FN3O/c1-6-18-10(2)13-7-8-15(14(17)9-13)21-16-11(3)19-20(5)12(16)4/h7-10,18H,6H2,1-5H3. The van der Waals surface area contributed by atoms with Gasteiger partial charge in [-0.05, 0) is 45.0 Å². The predicted octanol–water partition coefficient (Wildman–Crippen LogP) is 3.64. The van der Waals surface area contributed by atoms with Crippen LogP contribution in [0.5, 0.6) is 11.5 Å². The Hall–Kier alpha value is -1.88. The maximum Gasteiger partial charge on any atom is 0.171 e. The molecule has 0 aliphatic carbocycles. The van der Waals surface area contributed by atoms with Crippen LogP contribution in [0.4, 0.5) is 4.39 Å². The summed E-state index contributed by atoms with van der Waals surface area (Å²) in [6, 6.07) is 5.18. The number of nitrogens with one attached hydrogen (secondary N) is 1. The van der Waals surface area contributed by atoms with Crippen LogP contribution in [0, 0.1) is 19.7 Å². The van der Waals surface area contributed by atoms with E-state index in [0.29, 0.717) is 5.75 Å². The normalized spacial score (nSPS) is 12.5. The van der Waals surface area contributed by atoms with Crippen LogP contribution in [0.25, 0.3) is 0 Å². The topological polar surface area (TPSA) is 39.1 Å². The highest BCUT2D eigenvalue weighted by molar-refractivity contribution is 5.39. The molecule has 0 aliphatic heterocycles. The third kappa shape index (κ3) is 3.24. The molecule has 0 aliphatic rings. The average Bonchev–Trinajstić information content (AvgIpc) is 2.67. The second-order valence-corrected chi connectivity index (χ2v) is 5.19. The van der Waals surface area contributed by atoms with Gasteiger partial charge in [-0.3, -0.25) is 4.68 Å². The van der Waals surface area contributed by atoms with Gasteiger partial charge in [0.2, 0.25) is 0 Å². The summed E-state index contributed by atoms with van der Waals surface area (Å²) in [4.78, 5) is 0. The molecule has 1 aromatic carbocycles. The molecule has 2 rings (SSSR count). The van der Waals surface area contributed by atoms with E-state index in [9.17, 15) is 4.39 Å². The van der Waals surface area contributed by atoms with Crippen LogP contribution in [-0.4, -0.2) is 16.3 Å². The summed E-state index contributed by atoms with van der Waals surface area (Å²) in [6.07, 6.45) is 0. The quantitative estimate of drug-likeness (QED) is 0.914. The Bertz CT molecular complexity index is 637. The molecule has 1 unspecified atom stereocenters. The number of ether oxygens (including phenoxy) is 1. The van der Waals surface area contributed by atoms with E-state index in [0.717, 1.165) is 23.5 Å². The molecule has 0 amide bonds. The van der Waals surface area contributed by atoms with Crippen molar-refractivity contribution in [2.45, 2.75) is 33.7 Å². The first-order valence-electron chi connectivity index (χ1n) is 7.15. The molecular formula is C16H22FN3O. The Labute approximate surface area is 124 Å². The Morgan fingerprint density at radius 1 is 1.38 bits per heavy atom. The Balaban J connectivity index is 2.25. The number of rotatable bonds is 5. The molecule has 5 heteroatoms. The lowest BCUT2D eigenvalue weighted by Crippen LogP contribution is -2.17. The lowest BCUT2D eigenvalue weighted by Gasteiger charge is -2.14. The number of benzene rings is 1. The van der Waals surface area contributed by atoms with Crippen LogP contribution in [0.2, 0.25) is 0 Å². The molecule has 0 saturated heterocycles. The number of hydrogen-bond donors (Lipinski definition) is 1. The van der Waals surface area contributed by atoms with Gasteiger partial charge < -0.3 is 10.1 Å². The highest BCUT2D eigenvalue weighted by atomic mass is 19.1. The van der Waals surface area contributed by atoms with Crippen LogP contribution in [-0.2, 0) is 7.05 Å². The first-order valence-corrected chi connectivity index (χ1v) is 7.15. The number of halogens is 1. The van der Waals surface area contributed by atoms with Gasteiger partial charge in [0, 0.05) is 13.1 Å². The second kappa shape index (κ2) is 6.26. The van der Waals surface area contributed by atoms with Gasteiger partial charge in [-0.25, -0.2) is 4.39 Å². The van der Waals surface area contributed by atoms with E-state index >= 15 is 0 Å². The van der Waals surface area contributed by atoms with E-state index < -0.39 is 0 Å². The summed E-state index contributed by atoms with van der Waals surface area (Å²) in [5.74, 6) is 0.477. The maximum atomic E-state index is 14.2. The van der Waals surface area contributed by atoms with Crippen LogP contribution < -0.4 is 10.1 Å². The molecule has 1 atom stereocenters. The number of nitrogens with zero attached hydrogens (tertiary/aromatic N) is 2. The van der Waals surface area contributed by atoms with Crippen LogP contribution in [0.15, 0.2) is 18.2 Å². The lowest BCUT2D eigenvalue weighted by atomic mass is 10.1. The first-order chi connectivity index (χ1) is 9.93. The Morgan fingerprint density at radius 2 is 2.10 bits per heavy atom. The molecule has 0 bridgehead atoms. The lowest BCUT2D eigenvalue weighted by molar-refractivity contribution is 0.434. The number of aromatic nitrogens is 2. The van der Waals surface area contributed by atoms with Crippen molar-refractivity contribution in [1.82, 2.24) is 15.1 Å². The molecule has 1 heterocycles. The summed E-state index contributed by atoms with van der Waals surface area (Å²) in [5, 5.41) is 7.52. The van der Waals surface area contributed by atoms with Crippen molar-refractivity contribution < 1.29 is 9.13 Å². The van der Waals surface area contributed by atoms with Crippen LogP contribution >= 0.6 is 0 Å². The molecule has 2 aromatic rings. The van der Waals surface area contributed by atoms with Gasteiger partial charge in [0.15, 0.2) is 17.3 Å². The summed E-state index contributed by atoms with van der Waals surface area (Å²) >= 11 is 0. The molecule has 0 fully saturated rings. The van der Waals surface area contributed by atoms with Gasteiger partial charge in [-0.1, -0.05) is 13.0 Å². The minimum Gasteiger partial charge on any atom is -0.450 e. The minimum atomic E-state index is -0.361. The van der Waals surface area contributed by atoms with Crippen molar-refractivity contribution in [3.63, 3.8) is 0 Å². The highest BCUT2D eigenvalue weighted by Gasteiger charge is 2.15. The van der Waals surface area contributed by atoms with Crippen molar-refractivity contribution in [2.24, 2.45) is 7.05 Å². The molecule has 4 nitrogen and oxygen atoms in total. The van der Waals surface area contributed by atoms with Crippen LogP contribution in [0.3, 0.4) is 0 Å². The monoisotopic (exact) mass is 291 g/mol. The van der Waals surface area contributed by atoms with E-state index in [2.05, 4.69) is 10.4 Å². The smallest absolute Gasteiger partial charge is 0.171 e. The average molecular weight is 291 g/mol. The predicted molar refractivity (Wildman–Crippen MR) is 81.2 cm³/mol. The minimum absolute atomic E-state index is 0.111. The van der Waals surface area contributed by atoms with Crippen molar-refractivity contribution in [1.29, 1.82) is 0 Å². The maximum absolute atomic E-state index is 14.2. The van der Waals surface area contributed by atoms with E-state index in [1.54, 1.807) is 10.7 Å². The Kier molecular flexibility index (Phi) is 4.63. The molecule has 1 N–H and O–H groups in total. The molecular weight excluding hydrogens is 269 g/mol. The first kappa shape index (κ1) is 15.5. The Morgan fingerprint density at radius 3 is 2.62 bits per heavy atom. The molecule has 1 aromatic heterocycles. The largest absolute Gasteiger partial charge is 0.450 e. The van der Waals surface area contributed by atoms with Gasteiger partial charge in [-0.15, -0.1) is 0 Å². The fraction of sp³-hybridized carbons (Fsp3) is 0.438. The molecule has 114 valence electrons. The highest BCUT2D eigenvalue weighted by Crippen LogP contribution is 2.30. The van der Waals surface area contributed by atoms with Gasteiger partial charge >= 0.3 is 0 Å². The molecule has 0 spiro atoms. The zero-order valence-corrected chi connectivity index (χ0v) is 13.2.